The van der Waals surface area contributed by atoms with Crippen molar-refractivity contribution in [3.05, 3.63) is 52.3 Å². The van der Waals surface area contributed by atoms with E-state index >= 15 is 0 Å². The van der Waals surface area contributed by atoms with E-state index in [0.29, 0.717) is 41.4 Å². The zero-order chi connectivity index (χ0) is 27.5. The van der Waals surface area contributed by atoms with Gasteiger partial charge in [-0.05, 0) is 63.5 Å². The molecule has 1 aromatic carbocycles. The van der Waals surface area contributed by atoms with Gasteiger partial charge in [-0.25, -0.2) is 18.7 Å². The monoisotopic (exact) mass is 536 g/mol. The number of amides is 2. The summed E-state index contributed by atoms with van der Waals surface area (Å²) in [6, 6.07) is 4.76. The maximum absolute atomic E-state index is 14.7. The maximum atomic E-state index is 14.7. The first-order valence-electron chi connectivity index (χ1n) is 12.1. The molecule has 1 aliphatic carbocycles. The summed E-state index contributed by atoms with van der Waals surface area (Å²) in [4.78, 5) is 36.7. The first-order valence-corrected chi connectivity index (χ1v) is 12.5. The third-order valence-corrected chi connectivity index (χ3v) is 7.59. The Hall–Kier alpha value is -2.85. The number of nitrogens with one attached hydrogen (secondary N) is 1. The predicted molar refractivity (Wildman–Crippen MR) is 140 cm³/mol. The van der Waals surface area contributed by atoms with Gasteiger partial charge in [0.25, 0.3) is 5.92 Å². The van der Waals surface area contributed by atoms with Gasteiger partial charge in [0.15, 0.2) is 0 Å². The van der Waals surface area contributed by atoms with Crippen LogP contribution in [0.5, 0.6) is 0 Å². The van der Waals surface area contributed by atoms with E-state index in [-0.39, 0.29) is 24.9 Å². The van der Waals surface area contributed by atoms with E-state index in [2.05, 4.69) is 15.3 Å². The van der Waals surface area contributed by atoms with Gasteiger partial charge >= 0.3 is 0 Å². The molecule has 3 N–H and O–H groups in total. The van der Waals surface area contributed by atoms with Crippen molar-refractivity contribution in [3.8, 4) is 0 Å². The van der Waals surface area contributed by atoms with Gasteiger partial charge in [0.05, 0.1) is 0 Å². The highest BCUT2D eigenvalue weighted by molar-refractivity contribution is 6.31. The summed E-state index contributed by atoms with van der Waals surface area (Å²) in [5, 5.41) is 3.34. The minimum atomic E-state index is -2.95. The quantitative estimate of drug-likeness (QED) is 0.430. The summed E-state index contributed by atoms with van der Waals surface area (Å²) in [6.07, 6.45) is 4.18. The summed E-state index contributed by atoms with van der Waals surface area (Å²) < 4.78 is 29.4. The second-order valence-electron chi connectivity index (χ2n) is 10.3. The number of rotatable bonds is 12. The highest BCUT2D eigenvalue weighted by Crippen LogP contribution is 2.65. The Labute approximate surface area is 221 Å². The number of aromatic nitrogens is 2. The average molecular weight is 537 g/mol. The van der Waals surface area contributed by atoms with Gasteiger partial charge in [-0.1, -0.05) is 17.7 Å². The number of benzene rings is 1. The van der Waals surface area contributed by atoms with Gasteiger partial charge in [-0.15, -0.1) is 0 Å². The molecule has 1 unspecified atom stereocenters. The molecule has 1 aromatic heterocycles. The third-order valence-electron chi connectivity index (χ3n) is 7.24. The van der Waals surface area contributed by atoms with Crippen LogP contribution in [0.1, 0.15) is 53.6 Å². The van der Waals surface area contributed by atoms with Crippen molar-refractivity contribution in [2.45, 2.75) is 50.5 Å². The molecule has 0 radical (unpaired) electrons. The summed E-state index contributed by atoms with van der Waals surface area (Å²) in [5.74, 6) is -4.07. The minimum Gasteiger partial charge on any atom is -0.366 e. The van der Waals surface area contributed by atoms with Crippen LogP contribution in [-0.2, 0) is 11.2 Å². The number of anilines is 1. The molecule has 37 heavy (non-hydrogen) atoms. The first-order chi connectivity index (χ1) is 17.2. The summed E-state index contributed by atoms with van der Waals surface area (Å²) in [5.41, 5.74) is 5.68. The van der Waals surface area contributed by atoms with E-state index in [4.69, 9.17) is 17.3 Å². The van der Waals surface area contributed by atoms with Gasteiger partial charge in [0.2, 0.25) is 17.8 Å². The number of likely N-dealkylation sites (N-methyl/N-ethyl adjacent to an activating group) is 1. The number of nitrogens with zero attached hydrogens (tertiary/aromatic N) is 4. The molecule has 0 saturated heterocycles. The lowest BCUT2D eigenvalue weighted by molar-refractivity contribution is -0.123. The van der Waals surface area contributed by atoms with Gasteiger partial charge in [-0.2, -0.15) is 0 Å². The molecule has 0 bridgehead atoms. The number of carbonyl (C=O) groups excluding carboxylic acids is 2. The number of alkyl halides is 2. The van der Waals surface area contributed by atoms with Crippen molar-refractivity contribution in [1.29, 1.82) is 0 Å². The fourth-order valence-corrected chi connectivity index (χ4v) is 4.91. The van der Waals surface area contributed by atoms with E-state index in [1.165, 1.54) is 6.07 Å². The van der Waals surface area contributed by atoms with Gasteiger partial charge < -0.3 is 20.9 Å². The van der Waals surface area contributed by atoms with Gasteiger partial charge in [-0.3, -0.25) is 9.59 Å². The highest BCUT2D eigenvalue weighted by atomic mass is 35.5. The van der Waals surface area contributed by atoms with Crippen molar-refractivity contribution in [3.63, 3.8) is 0 Å². The van der Waals surface area contributed by atoms with E-state index in [1.54, 1.807) is 43.5 Å². The van der Waals surface area contributed by atoms with Crippen molar-refractivity contribution < 1.29 is 18.4 Å². The summed E-state index contributed by atoms with van der Waals surface area (Å²) >= 11 is 6.35. The fourth-order valence-electron chi connectivity index (χ4n) is 4.65. The largest absolute Gasteiger partial charge is 0.366 e. The predicted octanol–water partition coefficient (Wildman–Crippen LogP) is 3.49. The number of primary amides is 1. The Morgan fingerprint density at radius 3 is 2.27 bits per heavy atom. The molecule has 2 amide bonds. The number of hydrogen-bond acceptors (Lipinski definition) is 6. The molecule has 1 aliphatic rings. The molecule has 1 heterocycles. The lowest BCUT2D eigenvalue weighted by atomic mass is 9.78. The van der Waals surface area contributed by atoms with E-state index < -0.39 is 23.2 Å². The van der Waals surface area contributed by atoms with Crippen LogP contribution in [-0.4, -0.2) is 73.4 Å². The molecule has 3 rings (SSSR count). The van der Waals surface area contributed by atoms with Crippen molar-refractivity contribution in [2.24, 2.45) is 11.1 Å². The van der Waals surface area contributed by atoms with Crippen LogP contribution in [0.2, 0.25) is 5.02 Å². The Morgan fingerprint density at radius 1 is 1.19 bits per heavy atom. The zero-order valence-electron chi connectivity index (χ0n) is 21.9. The van der Waals surface area contributed by atoms with Crippen LogP contribution in [0.3, 0.4) is 0 Å². The van der Waals surface area contributed by atoms with Gasteiger partial charge in [0.1, 0.15) is 0 Å². The van der Waals surface area contributed by atoms with Crippen LogP contribution < -0.4 is 16.0 Å². The molecular weight excluding hydrogens is 502 g/mol. The van der Waals surface area contributed by atoms with Crippen LogP contribution in [0, 0.1) is 5.41 Å². The topological polar surface area (TPSA) is 104 Å². The Balaban J connectivity index is 1.73. The van der Waals surface area contributed by atoms with Crippen molar-refractivity contribution >= 4 is 29.4 Å². The maximum Gasteiger partial charge on any atom is 0.251 e. The zero-order valence-corrected chi connectivity index (χ0v) is 22.6. The second-order valence-corrected chi connectivity index (χ2v) is 10.7. The van der Waals surface area contributed by atoms with Crippen LogP contribution in [0.25, 0.3) is 0 Å². The molecule has 2 atom stereocenters. The SMILES string of the molecule is CN(C)c1ncc(C(CC(=O)NC[C@H](Cc2ccc(C(N)=O)cc2Cl)N(C)C)C2(C(C)(F)F)CC2)cn1. The molecule has 1 fully saturated rings. The van der Waals surface area contributed by atoms with E-state index in [9.17, 15) is 18.4 Å². The average Bonchev–Trinajstić information content (AvgIpc) is 3.63. The molecule has 2 aromatic rings. The third kappa shape index (κ3) is 6.73. The molecule has 11 heteroatoms. The summed E-state index contributed by atoms with van der Waals surface area (Å²) in [7, 11) is 7.35. The van der Waals surface area contributed by atoms with Crippen LogP contribution in [0.4, 0.5) is 14.7 Å². The lowest BCUT2D eigenvalue weighted by Gasteiger charge is -2.32. The Morgan fingerprint density at radius 2 is 1.81 bits per heavy atom. The number of halogens is 3. The first kappa shape index (κ1) is 28.7. The highest BCUT2D eigenvalue weighted by Gasteiger charge is 2.63. The minimum absolute atomic E-state index is 0.0949. The molecule has 202 valence electrons. The number of nitrogens with two attached hydrogens (primary N) is 1. The molecular formula is C26H35ClF2N6O2. The second kappa shape index (κ2) is 11.3. The number of hydrogen-bond donors (Lipinski definition) is 2. The Bertz CT molecular complexity index is 1120. The van der Waals surface area contributed by atoms with E-state index in [0.717, 1.165) is 12.5 Å². The molecule has 1 saturated carbocycles. The molecule has 0 spiro atoms. The molecule has 0 aliphatic heterocycles. The van der Waals surface area contributed by atoms with Crippen LogP contribution in [0.15, 0.2) is 30.6 Å². The van der Waals surface area contributed by atoms with Crippen LogP contribution >= 0.6 is 11.6 Å². The van der Waals surface area contributed by atoms with E-state index in [1.807, 2.05) is 19.0 Å². The fraction of sp³-hybridized carbons (Fsp3) is 0.538. The van der Waals surface area contributed by atoms with Crippen molar-refractivity contribution in [1.82, 2.24) is 20.2 Å². The Kier molecular flexibility index (Phi) is 8.74. The van der Waals surface area contributed by atoms with Gasteiger partial charge in [0, 0.05) is 67.4 Å². The smallest absolute Gasteiger partial charge is 0.251 e. The molecule has 8 nitrogen and oxygen atoms in total. The summed E-state index contributed by atoms with van der Waals surface area (Å²) in [6.45, 7) is 1.22. The number of carbonyl (C=O) groups is 2. The standard InChI is InChI=1S/C26H35ClF2N6O2/c1-25(28,29)26(8-9-26)20(18-13-32-24(33-14-18)35(4)5)12-22(36)31-15-19(34(2)3)10-16-6-7-17(23(30)37)11-21(16)27/h6-7,11,13-14,19-20H,8-10,12,15H2,1-5H3,(H2,30,37)(H,31,36)/t19-,20?/m0/s1. The van der Waals surface area contributed by atoms with Crippen molar-refractivity contribution in [2.75, 3.05) is 39.6 Å². The normalized spacial score (nSPS) is 16.2. The lowest BCUT2D eigenvalue weighted by Crippen LogP contribution is -2.43.